The first-order chi connectivity index (χ1) is 7.19. The molecule has 0 bridgehead atoms. The maximum atomic E-state index is 13.2. The van der Waals surface area contributed by atoms with Gasteiger partial charge in [0.1, 0.15) is 6.61 Å². The van der Waals surface area contributed by atoms with E-state index < -0.39 is 11.8 Å². The molecule has 1 aromatic rings. The third kappa shape index (κ3) is 2.92. The van der Waals surface area contributed by atoms with Gasteiger partial charge < -0.3 is 14.6 Å². The molecule has 0 aliphatic rings. The molecule has 1 N–H and O–H groups in total. The smallest absolute Gasteiger partial charge is 0.338 e. The predicted octanol–water partition coefficient (Wildman–Crippen LogP) is 0.983. The lowest BCUT2D eigenvalue weighted by Gasteiger charge is -2.05. The number of halogens is 1. The van der Waals surface area contributed by atoms with Gasteiger partial charge in [-0.15, -0.1) is 0 Å². The van der Waals surface area contributed by atoms with Gasteiger partial charge in [-0.05, 0) is 18.2 Å². The molecule has 5 heteroatoms. The van der Waals surface area contributed by atoms with Gasteiger partial charge in [-0.3, -0.25) is 0 Å². The molecule has 1 rings (SSSR count). The fourth-order valence-electron chi connectivity index (χ4n) is 1.02. The second-order valence-corrected chi connectivity index (χ2v) is 2.71. The highest BCUT2D eigenvalue weighted by molar-refractivity contribution is 5.89. The van der Waals surface area contributed by atoms with Crippen molar-refractivity contribution in [2.24, 2.45) is 0 Å². The number of benzene rings is 1. The fourth-order valence-corrected chi connectivity index (χ4v) is 1.02. The van der Waals surface area contributed by atoms with Crippen molar-refractivity contribution in [3.05, 3.63) is 29.6 Å². The van der Waals surface area contributed by atoms with Crippen LogP contribution in [0.3, 0.4) is 0 Å². The van der Waals surface area contributed by atoms with Crippen molar-refractivity contribution in [2.45, 2.75) is 0 Å². The monoisotopic (exact) mass is 214 g/mol. The SMILES string of the molecule is COc1ccc(C(=O)OCCO)cc1F. The Kier molecular flexibility index (Phi) is 4.05. The van der Waals surface area contributed by atoms with Crippen LogP contribution in [0.15, 0.2) is 18.2 Å². The largest absolute Gasteiger partial charge is 0.494 e. The van der Waals surface area contributed by atoms with Crippen molar-refractivity contribution in [1.82, 2.24) is 0 Å². The van der Waals surface area contributed by atoms with Crippen LogP contribution in [0.25, 0.3) is 0 Å². The van der Waals surface area contributed by atoms with E-state index in [1.54, 1.807) is 0 Å². The van der Waals surface area contributed by atoms with Crippen LogP contribution < -0.4 is 4.74 Å². The fraction of sp³-hybridized carbons (Fsp3) is 0.300. The number of hydrogen-bond donors (Lipinski definition) is 1. The molecular formula is C10H11FO4. The molecule has 82 valence electrons. The average molecular weight is 214 g/mol. The van der Waals surface area contributed by atoms with Crippen molar-refractivity contribution in [3.8, 4) is 5.75 Å². The predicted molar refractivity (Wildman–Crippen MR) is 50.3 cm³/mol. The second kappa shape index (κ2) is 5.31. The van der Waals surface area contributed by atoms with E-state index in [1.165, 1.54) is 19.2 Å². The lowest BCUT2D eigenvalue weighted by Crippen LogP contribution is -2.09. The van der Waals surface area contributed by atoms with E-state index in [-0.39, 0.29) is 24.5 Å². The van der Waals surface area contributed by atoms with Crippen molar-refractivity contribution >= 4 is 5.97 Å². The molecule has 0 saturated carbocycles. The van der Waals surface area contributed by atoms with E-state index in [2.05, 4.69) is 4.74 Å². The Bertz CT molecular complexity index is 351. The Hall–Kier alpha value is -1.62. The van der Waals surface area contributed by atoms with Gasteiger partial charge in [-0.25, -0.2) is 9.18 Å². The van der Waals surface area contributed by atoms with E-state index in [9.17, 15) is 9.18 Å². The first-order valence-electron chi connectivity index (χ1n) is 4.30. The molecular weight excluding hydrogens is 203 g/mol. The van der Waals surface area contributed by atoms with Crippen molar-refractivity contribution in [3.63, 3.8) is 0 Å². The van der Waals surface area contributed by atoms with Gasteiger partial charge in [-0.2, -0.15) is 0 Å². The highest BCUT2D eigenvalue weighted by Crippen LogP contribution is 2.17. The van der Waals surface area contributed by atoms with Gasteiger partial charge in [0, 0.05) is 0 Å². The van der Waals surface area contributed by atoms with E-state index in [1.807, 2.05) is 0 Å². The maximum absolute atomic E-state index is 13.2. The van der Waals surface area contributed by atoms with Gasteiger partial charge in [0.15, 0.2) is 11.6 Å². The Morgan fingerprint density at radius 2 is 2.27 bits per heavy atom. The lowest BCUT2D eigenvalue weighted by atomic mass is 10.2. The zero-order chi connectivity index (χ0) is 11.3. The number of carbonyl (C=O) groups excluding carboxylic acids is 1. The summed E-state index contributed by atoms with van der Waals surface area (Å²) in [7, 11) is 1.34. The second-order valence-electron chi connectivity index (χ2n) is 2.71. The van der Waals surface area contributed by atoms with Gasteiger partial charge in [0.2, 0.25) is 0 Å². The van der Waals surface area contributed by atoms with Gasteiger partial charge in [0.05, 0.1) is 19.3 Å². The van der Waals surface area contributed by atoms with Crippen molar-refractivity contribution in [1.29, 1.82) is 0 Å². The summed E-state index contributed by atoms with van der Waals surface area (Å²) < 4.78 is 22.5. The number of aliphatic hydroxyl groups is 1. The average Bonchev–Trinajstić information content (AvgIpc) is 2.25. The minimum Gasteiger partial charge on any atom is -0.494 e. The van der Waals surface area contributed by atoms with E-state index in [4.69, 9.17) is 9.84 Å². The molecule has 0 atom stereocenters. The topological polar surface area (TPSA) is 55.8 Å². The molecule has 1 aromatic carbocycles. The Morgan fingerprint density at radius 3 is 2.80 bits per heavy atom. The number of hydrogen-bond acceptors (Lipinski definition) is 4. The Morgan fingerprint density at radius 1 is 1.53 bits per heavy atom. The summed E-state index contributed by atoms with van der Waals surface area (Å²) in [6, 6.07) is 3.75. The molecule has 0 aliphatic carbocycles. The normalized spacial score (nSPS) is 9.80. The first-order valence-corrected chi connectivity index (χ1v) is 4.30. The Balaban J connectivity index is 2.78. The summed E-state index contributed by atoms with van der Waals surface area (Å²) in [6.07, 6.45) is 0. The quantitative estimate of drug-likeness (QED) is 0.759. The molecule has 0 spiro atoms. The van der Waals surface area contributed by atoms with Gasteiger partial charge >= 0.3 is 5.97 Å². The number of aliphatic hydroxyl groups excluding tert-OH is 1. The lowest BCUT2D eigenvalue weighted by molar-refractivity contribution is 0.0433. The molecule has 0 heterocycles. The number of rotatable bonds is 4. The highest BCUT2D eigenvalue weighted by atomic mass is 19.1. The molecule has 0 radical (unpaired) electrons. The number of esters is 1. The van der Waals surface area contributed by atoms with Crippen LogP contribution in [0, 0.1) is 5.82 Å². The van der Waals surface area contributed by atoms with Crippen LogP contribution >= 0.6 is 0 Å². The van der Waals surface area contributed by atoms with E-state index >= 15 is 0 Å². The van der Waals surface area contributed by atoms with Crippen LogP contribution in [0.1, 0.15) is 10.4 Å². The number of carbonyl (C=O) groups is 1. The minimum atomic E-state index is -0.675. The summed E-state index contributed by atoms with van der Waals surface area (Å²) >= 11 is 0. The maximum Gasteiger partial charge on any atom is 0.338 e. The van der Waals surface area contributed by atoms with E-state index in [0.717, 1.165) is 6.07 Å². The highest BCUT2D eigenvalue weighted by Gasteiger charge is 2.10. The van der Waals surface area contributed by atoms with E-state index in [0.29, 0.717) is 0 Å². The minimum absolute atomic E-state index is 0.0636. The van der Waals surface area contributed by atoms with Crippen LogP contribution in [-0.4, -0.2) is 31.4 Å². The number of methoxy groups -OCH3 is 1. The molecule has 0 fully saturated rings. The Labute approximate surface area is 86.2 Å². The molecule has 0 aromatic heterocycles. The summed E-state index contributed by atoms with van der Waals surface area (Å²) in [6.45, 7) is -0.364. The number of ether oxygens (including phenoxy) is 2. The molecule has 15 heavy (non-hydrogen) atoms. The molecule has 0 aliphatic heterocycles. The van der Waals surface area contributed by atoms with Crippen molar-refractivity contribution < 1.29 is 23.8 Å². The summed E-state index contributed by atoms with van der Waals surface area (Å²) in [4.78, 5) is 11.2. The molecule has 4 nitrogen and oxygen atoms in total. The molecule has 0 unspecified atom stereocenters. The zero-order valence-corrected chi connectivity index (χ0v) is 8.20. The van der Waals surface area contributed by atoms with Crippen LogP contribution in [0.5, 0.6) is 5.75 Å². The molecule has 0 saturated heterocycles. The third-order valence-corrected chi connectivity index (χ3v) is 1.71. The summed E-state index contributed by atoms with van der Waals surface area (Å²) in [5, 5.41) is 8.43. The van der Waals surface area contributed by atoms with Gasteiger partial charge in [-0.1, -0.05) is 0 Å². The van der Waals surface area contributed by atoms with Crippen LogP contribution in [-0.2, 0) is 4.74 Å². The third-order valence-electron chi connectivity index (χ3n) is 1.71. The van der Waals surface area contributed by atoms with Crippen LogP contribution in [0.4, 0.5) is 4.39 Å². The zero-order valence-electron chi connectivity index (χ0n) is 8.20. The summed E-state index contributed by atoms with van der Waals surface area (Å²) in [5.74, 6) is -1.24. The summed E-state index contributed by atoms with van der Waals surface area (Å²) in [5.41, 5.74) is 0.0850. The first kappa shape index (κ1) is 11.5. The standard InChI is InChI=1S/C10H11FO4/c1-14-9-3-2-7(6-8(9)11)10(13)15-5-4-12/h2-3,6,12H,4-5H2,1H3. The van der Waals surface area contributed by atoms with Crippen LogP contribution in [0.2, 0.25) is 0 Å². The van der Waals surface area contributed by atoms with Gasteiger partial charge in [0.25, 0.3) is 0 Å². The van der Waals surface area contributed by atoms with Crippen molar-refractivity contribution in [2.75, 3.05) is 20.3 Å². The molecule has 0 amide bonds.